The highest BCUT2D eigenvalue weighted by molar-refractivity contribution is 6.04. The molecule has 0 bridgehead atoms. The Morgan fingerprint density at radius 2 is 1.68 bits per heavy atom. The summed E-state index contributed by atoms with van der Waals surface area (Å²) in [6.07, 6.45) is -3.76. The molecule has 1 unspecified atom stereocenters. The fourth-order valence-corrected chi connectivity index (χ4v) is 2.84. The molecule has 3 N–H and O–H groups in total. The zero-order valence-electron chi connectivity index (χ0n) is 14.7. The average Bonchev–Trinajstić information content (AvgIpc) is 3.16. The van der Waals surface area contributed by atoms with Crippen LogP contribution in [-0.4, -0.2) is 24.9 Å². The van der Waals surface area contributed by atoms with Gasteiger partial charge >= 0.3 is 6.18 Å². The van der Waals surface area contributed by atoms with Crippen molar-refractivity contribution in [3.05, 3.63) is 59.7 Å². The van der Waals surface area contributed by atoms with Crippen molar-refractivity contribution in [2.24, 2.45) is 5.92 Å². The maximum atomic E-state index is 12.8. The molecule has 150 valence electrons. The summed E-state index contributed by atoms with van der Waals surface area (Å²) in [5.41, 5.74) is -0.105. The number of hydrogen-bond acceptors (Lipinski definition) is 3. The zero-order chi connectivity index (χ0) is 19.4. The molecular formula is C19H19ClF3N3O2. The van der Waals surface area contributed by atoms with Gasteiger partial charge in [0.15, 0.2) is 0 Å². The fourth-order valence-electron chi connectivity index (χ4n) is 2.84. The molecule has 2 amide bonds. The number of alkyl halides is 3. The maximum absolute atomic E-state index is 12.8. The van der Waals surface area contributed by atoms with Gasteiger partial charge in [-0.05, 0) is 49.4 Å². The van der Waals surface area contributed by atoms with Gasteiger partial charge < -0.3 is 16.0 Å². The van der Waals surface area contributed by atoms with Crippen LogP contribution in [0.1, 0.15) is 22.3 Å². The molecule has 2 aromatic carbocycles. The van der Waals surface area contributed by atoms with Gasteiger partial charge in [0, 0.05) is 23.5 Å². The smallest absolute Gasteiger partial charge is 0.326 e. The number of anilines is 2. The molecule has 9 heteroatoms. The third-order valence-corrected chi connectivity index (χ3v) is 4.27. The summed E-state index contributed by atoms with van der Waals surface area (Å²) in [4.78, 5) is 24.4. The Bertz CT molecular complexity index is 852. The van der Waals surface area contributed by atoms with E-state index in [1.807, 2.05) is 0 Å². The van der Waals surface area contributed by atoms with Crippen LogP contribution >= 0.6 is 12.4 Å². The molecule has 1 aliphatic rings. The summed E-state index contributed by atoms with van der Waals surface area (Å²) in [5, 5.41) is 8.45. The van der Waals surface area contributed by atoms with Crippen LogP contribution in [0.4, 0.5) is 24.5 Å². The van der Waals surface area contributed by atoms with Crippen LogP contribution in [-0.2, 0) is 11.0 Å². The first kappa shape index (κ1) is 21.7. The molecule has 1 heterocycles. The van der Waals surface area contributed by atoms with Crippen LogP contribution in [0.3, 0.4) is 0 Å². The summed E-state index contributed by atoms with van der Waals surface area (Å²) < 4.78 is 38.4. The Morgan fingerprint density at radius 3 is 2.32 bits per heavy atom. The van der Waals surface area contributed by atoms with Gasteiger partial charge in [-0.3, -0.25) is 9.59 Å². The molecule has 1 atom stereocenters. The van der Waals surface area contributed by atoms with E-state index in [4.69, 9.17) is 0 Å². The van der Waals surface area contributed by atoms with E-state index >= 15 is 0 Å². The molecule has 0 saturated carbocycles. The van der Waals surface area contributed by atoms with Crippen LogP contribution in [0, 0.1) is 5.92 Å². The lowest BCUT2D eigenvalue weighted by atomic mass is 10.1. The van der Waals surface area contributed by atoms with E-state index in [0.29, 0.717) is 17.9 Å². The minimum absolute atomic E-state index is 0. The number of amides is 2. The van der Waals surface area contributed by atoms with E-state index in [2.05, 4.69) is 16.0 Å². The molecule has 1 saturated heterocycles. The zero-order valence-corrected chi connectivity index (χ0v) is 15.5. The number of carbonyl (C=O) groups is 2. The van der Waals surface area contributed by atoms with Gasteiger partial charge in [-0.15, -0.1) is 12.4 Å². The summed E-state index contributed by atoms with van der Waals surface area (Å²) in [6.45, 7) is 1.42. The highest BCUT2D eigenvalue weighted by Crippen LogP contribution is 2.29. The maximum Gasteiger partial charge on any atom is 0.416 e. The van der Waals surface area contributed by atoms with Gasteiger partial charge in [-0.1, -0.05) is 12.1 Å². The molecule has 1 fully saturated rings. The van der Waals surface area contributed by atoms with Crippen molar-refractivity contribution in [1.82, 2.24) is 5.32 Å². The first-order valence-electron chi connectivity index (χ1n) is 8.43. The van der Waals surface area contributed by atoms with Crippen LogP contribution < -0.4 is 16.0 Å². The van der Waals surface area contributed by atoms with E-state index in [9.17, 15) is 22.8 Å². The molecule has 0 spiro atoms. The number of benzene rings is 2. The standard InChI is InChI=1S/C19H18F3N3O2.ClH/c20-19(21,22)14-4-1-3-12(9-14)17(26)24-15-5-2-6-16(10-15)25-18(27)13-7-8-23-11-13;/h1-6,9-10,13,23H,7-8,11H2,(H,24,26)(H,25,27);1H. The van der Waals surface area contributed by atoms with Crippen molar-refractivity contribution in [2.75, 3.05) is 23.7 Å². The molecule has 2 aromatic rings. The van der Waals surface area contributed by atoms with Crippen molar-refractivity contribution in [1.29, 1.82) is 0 Å². The van der Waals surface area contributed by atoms with Crippen LogP contribution in [0.5, 0.6) is 0 Å². The Balaban J connectivity index is 0.00000280. The summed E-state index contributed by atoms with van der Waals surface area (Å²) in [6, 6.07) is 10.7. The Labute approximate surface area is 166 Å². The molecule has 0 aliphatic carbocycles. The third-order valence-electron chi connectivity index (χ3n) is 4.27. The molecule has 0 radical (unpaired) electrons. The van der Waals surface area contributed by atoms with Crippen molar-refractivity contribution >= 4 is 35.6 Å². The normalized spacial score (nSPS) is 16.2. The van der Waals surface area contributed by atoms with Crippen molar-refractivity contribution in [3.63, 3.8) is 0 Å². The van der Waals surface area contributed by atoms with Gasteiger partial charge in [-0.2, -0.15) is 13.2 Å². The Kier molecular flexibility index (Phi) is 7.04. The Hall–Kier alpha value is -2.58. The molecule has 5 nitrogen and oxygen atoms in total. The lowest BCUT2D eigenvalue weighted by Crippen LogP contribution is -2.24. The number of nitrogens with one attached hydrogen (secondary N) is 3. The van der Waals surface area contributed by atoms with E-state index in [0.717, 1.165) is 25.1 Å². The van der Waals surface area contributed by atoms with Gasteiger partial charge in [-0.25, -0.2) is 0 Å². The lowest BCUT2D eigenvalue weighted by molar-refractivity contribution is -0.137. The van der Waals surface area contributed by atoms with Gasteiger partial charge in [0.1, 0.15) is 0 Å². The number of halogens is 4. The van der Waals surface area contributed by atoms with Gasteiger partial charge in [0.25, 0.3) is 5.91 Å². The van der Waals surface area contributed by atoms with Crippen molar-refractivity contribution in [2.45, 2.75) is 12.6 Å². The minimum atomic E-state index is -4.52. The van der Waals surface area contributed by atoms with E-state index in [1.165, 1.54) is 12.1 Å². The highest BCUT2D eigenvalue weighted by Gasteiger charge is 2.31. The molecule has 0 aromatic heterocycles. The van der Waals surface area contributed by atoms with Crippen LogP contribution in [0.2, 0.25) is 0 Å². The van der Waals surface area contributed by atoms with Crippen molar-refractivity contribution in [3.8, 4) is 0 Å². The van der Waals surface area contributed by atoms with Gasteiger partial charge in [0.2, 0.25) is 5.91 Å². The lowest BCUT2D eigenvalue weighted by Gasteiger charge is -2.12. The molecule has 28 heavy (non-hydrogen) atoms. The second-order valence-electron chi connectivity index (χ2n) is 6.29. The average molecular weight is 414 g/mol. The second-order valence-corrected chi connectivity index (χ2v) is 6.29. The molecular weight excluding hydrogens is 395 g/mol. The largest absolute Gasteiger partial charge is 0.416 e. The first-order chi connectivity index (χ1) is 12.8. The molecule has 3 rings (SSSR count). The van der Waals surface area contributed by atoms with Crippen molar-refractivity contribution < 1.29 is 22.8 Å². The fraction of sp³-hybridized carbons (Fsp3) is 0.263. The second kappa shape index (κ2) is 9.07. The molecule has 1 aliphatic heterocycles. The SMILES string of the molecule is Cl.O=C(Nc1cccc(NC(=O)C2CCNC2)c1)c1cccc(C(F)(F)F)c1. The predicted octanol–water partition coefficient (Wildman–Crippen LogP) is 3.93. The monoisotopic (exact) mass is 413 g/mol. The number of hydrogen-bond donors (Lipinski definition) is 3. The van der Waals surface area contributed by atoms with Gasteiger partial charge in [0.05, 0.1) is 11.5 Å². The number of rotatable bonds is 4. The van der Waals surface area contributed by atoms with Crippen LogP contribution in [0.25, 0.3) is 0 Å². The van der Waals surface area contributed by atoms with E-state index in [-0.39, 0.29) is 29.8 Å². The predicted molar refractivity (Wildman–Crippen MR) is 103 cm³/mol. The third kappa shape index (κ3) is 5.46. The summed E-state index contributed by atoms with van der Waals surface area (Å²) in [5.74, 6) is -0.876. The number of carbonyl (C=O) groups excluding carboxylic acids is 2. The quantitative estimate of drug-likeness (QED) is 0.711. The summed E-state index contributed by atoms with van der Waals surface area (Å²) in [7, 11) is 0. The summed E-state index contributed by atoms with van der Waals surface area (Å²) >= 11 is 0. The van der Waals surface area contributed by atoms with Crippen LogP contribution in [0.15, 0.2) is 48.5 Å². The first-order valence-corrected chi connectivity index (χ1v) is 8.43. The topological polar surface area (TPSA) is 70.2 Å². The Morgan fingerprint density at radius 1 is 1.00 bits per heavy atom. The highest BCUT2D eigenvalue weighted by atomic mass is 35.5. The van der Waals surface area contributed by atoms with E-state index < -0.39 is 17.6 Å². The minimum Gasteiger partial charge on any atom is -0.326 e. The van der Waals surface area contributed by atoms with E-state index in [1.54, 1.807) is 24.3 Å².